The molecule has 0 fully saturated rings. The molecule has 10 aromatic rings. The van der Waals surface area contributed by atoms with Crippen LogP contribution in [-0.2, 0) is 83.9 Å². The second-order valence-electron chi connectivity index (χ2n) is 27.7. The number of nitrogens with zero attached hydrogens (tertiary/aromatic N) is 5. The summed E-state index contributed by atoms with van der Waals surface area (Å²) in [5.41, 5.74) is 19.5. The first kappa shape index (κ1) is 103. The average molecular weight is 2090 g/mol. The van der Waals surface area contributed by atoms with Gasteiger partial charge in [0.2, 0.25) is 0 Å². The summed E-state index contributed by atoms with van der Waals surface area (Å²) in [7, 11) is 3.72. The summed E-state index contributed by atoms with van der Waals surface area (Å²) < 4.78 is 16.2. The molecule has 5 amide bonds. The van der Waals surface area contributed by atoms with E-state index in [2.05, 4.69) is 193 Å². The van der Waals surface area contributed by atoms with Crippen LogP contribution in [-0.4, -0.2) is 110 Å². The fraction of sp³-hybridized carbons (Fsp3) is 0.398. The summed E-state index contributed by atoms with van der Waals surface area (Å²) in [6.07, 6.45) is 13.6. The van der Waals surface area contributed by atoms with Crippen LogP contribution in [0.3, 0.4) is 0 Å². The first-order valence-corrected chi connectivity index (χ1v) is 49.5. The summed E-state index contributed by atoms with van der Waals surface area (Å²) in [5.74, 6) is 0.250. The van der Waals surface area contributed by atoms with Crippen LogP contribution in [0.2, 0.25) is 0 Å². The number of halogens is 4. The van der Waals surface area contributed by atoms with Crippen molar-refractivity contribution >= 4 is 159 Å². The van der Waals surface area contributed by atoms with E-state index < -0.39 is 18.2 Å². The molecule has 7 N–H and O–H groups in total. The van der Waals surface area contributed by atoms with Crippen molar-refractivity contribution in [2.45, 2.75) is 195 Å². The van der Waals surface area contributed by atoms with Crippen molar-refractivity contribution in [3.8, 4) is 0 Å². The number of amides is 5. The molecule has 0 aliphatic carbocycles. The number of urea groups is 1. The summed E-state index contributed by atoms with van der Waals surface area (Å²) in [6.45, 7) is 9.14. The Morgan fingerprint density at radius 3 is 1.12 bits per heavy atom. The molecule has 624 valence electrons. The number of ether oxygens (including phenoxy) is 3. The van der Waals surface area contributed by atoms with Gasteiger partial charge in [-0.1, -0.05) is 247 Å². The van der Waals surface area contributed by atoms with Crippen molar-refractivity contribution in [2.75, 3.05) is 19.0 Å². The molecule has 0 spiro atoms. The highest BCUT2D eigenvalue weighted by atomic mass is 128. The van der Waals surface area contributed by atoms with Crippen molar-refractivity contribution in [1.29, 1.82) is 0 Å². The molecule has 4 aromatic heterocycles. The highest BCUT2D eigenvalue weighted by Crippen LogP contribution is 2.25. The van der Waals surface area contributed by atoms with Crippen LogP contribution in [0.5, 0.6) is 0 Å². The van der Waals surface area contributed by atoms with Gasteiger partial charge in [0.1, 0.15) is 19.8 Å². The lowest BCUT2D eigenvalue weighted by Gasteiger charge is -2.27. The van der Waals surface area contributed by atoms with Gasteiger partial charge in [0.05, 0.1) is 54.5 Å². The first-order valence-electron chi connectivity index (χ1n) is 37.6. The molecule has 0 aliphatic rings. The SMILES string of the molecule is C.C.CC(C)c1nc(CN(C)C(=O)N[C@H](C(=O)C[C@H](CC[C@H](Cc2ccccc2)NC(=O)OCc2cncs2)Cc2ccccc2)C(C)C)cs1.CI.CN[C@H](CC[C@H](Cc1ccccc1)NC(=O)OCc1cncs1)Cc1ccccc1.I.II.N[C@H](CC[C@H](Cc1ccccc1)NC(=O)OCc1cncs1)Cc1ccccc1. The van der Waals surface area contributed by atoms with E-state index in [1.165, 1.54) is 56.3 Å². The van der Waals surface area contributed by atoms with Gasteiger partial charge in [-0.15, -0.1) is 69.3 Å². The molecule has 0 radical (unpaired) electrons. The predicted octanol–water partition coefficient (Wildman–Crippen LogP) is 21.7. The van der Waals surface area contributed by atoms with Crippen LogP contribution in [0, 0.1) is 11.8 Å². The summed E-state index contributed by atoms with van der Waals surface area (Å²) in [5, 5.41) is 18.6. The number of ketones is 1. The van der Waals surface area contributed by atoms with Crippen molar-refractivity contribution in [3.63, 3.8) is 0 Å². The van der Waals surface area contributed by atoms with Gasteiger partial charge in [0.25, 0.3) is 0 Å². The number of likely N-dealkylation sites (N-methyl/N-ethyl adjacent to an activating group) is 1. The molecule has 0 saturated heterocycles. The Kier molecular flexibility index (Phi) is 54.3. The third-order valence-electron chi connectivity index (χ3n) is 18.1. The van der Waals surface area contributed by atoms with E-state index >= 15 is 0 Å². The molecular weight excluding hydrogens is 1970 g/mol. The van der Waals surface area contributed by atoms with Crippen molar-refractivity contribution < 1.29 is 38.2 Å². The Balaban J connectivity index is 0.000000451. The van der Waals surface area contributed by atoms with Gasteiger partial charge in [0, 0.05) is 111 Å². The van der Waals surface area contributed by atoms with E-state index in [1.54, 1.807) is 58.4 Å². The van der Waals surface area contributed by atoms with Crippen LogP contribution in [0.4, 0.5) is 19.2 Å². The van der Waals surface area contributed by atoms with Crippen LogP contribution in [0.25, 0.3) is 0 Å². The van der Waals surface area contributed by atoms with Crippen molar-refractivity contribution in [2.24, 2.45) is 17.6 Å². The molecule has 0 saturated carbocycles. The topological polar surface area (TPSA) is 254 Å². The van der Waals surface area contributed by atoms with E-state index in [1.807, 2.05) is 140 Å². The number of aromatic nitrogens is 4. The van der Waals surface area contributed by atoms with Crippen LogP contribution in [0.1, 0.15) is 152 Å². The molecule has 10 rings (SSSR count). The van der Waals surface area contributed by atoms with E-state index in [9.17, 15) is 24.0 Å². The Labute approximate surface area is 753 Å². The standard InChI is InChI=1S/C38H49N5O4S2.C24H29N3O2S.C23H27N3O2S.CH3I.2CH4.I2.HI/c1-26(2)35(42-37(45)43(5)22-32-24-48-36(40-32)27(3)4)34(44)20-30(18-28-12-8-6-9-13-28)16-17-31(19-29-14-10-7-11-15-29)41-38(46)47-23-33-21-39-25-49-33;1-25-21(14-19-8-4-2-5-9-19)12-13-22(15-20-10-6-3-7-11-20)27-24(28)29-17-23-16-26-18-30-23;24-20(13-18-7-3-1-4-8-18)11-12-21(14-19-9-5-2-6-10-19)26-23(27)28-16-22-15-25-17-29-22;1-2;;;1-2;/h6-15,21,24-27,30-31,35H,16-20,22-23H2,1-5H3,(H,41,46)(H,42,45);2-11,16,18,21-22,25H,12-15,17H2,1H3,(H,27,28);1-10,15,17,20-21H,11-14,16,24H2,(H,26,27);1H3;2*1H4;;1H/t30-,31-,35+;21-,22-;20-,21-;;;;;/m111...../s1. The second-order valence-corrected chi connectivity index (χ2v) is 31.5. The van der Waals surface area contributed by atoms with E-state index in [0.29, 0.717) is 50.6 Å². The van der Waals surface area contributed by atoms with Gasteiger partial charge in [-0.3, -0.25) is 19.7 Å². The number of hydrogen-bond acceptors (Lipinski definition) is 18. The zero-order valence-corrected chi connectivity index (χ0v) is 77.4. The second kappa shape index (κ2) is 60.8. The lowest BCUT2D eigenvalue weighted by atomic mass is 9.85. The third kappa shape index (κ3) is 42.6. The highest BCUT2D eigenvalue weighted by Gasteiger charge is 2.29. The fourth-order valence-electron chi connectivity index (χ4n) is 12.3. The maximum Gasteiger partial charge on any atom is 0.407 e. The molecule has 7 atom stereocenters. The fourth-order valence-corrected chi connectivity index (χ4v) is 14.7. The Hall–Kier alpha value is -6.57. The molecule has 115 heavy (non-hydrogen) atoms. The Morgan fingerprint density at radius 1 is 0.461 bits per heavy atom. The summed E-state index contributed by atoms with van der Waals surface area (Å²) >= 11 is 12.4. The highest BCUT2D eigenvalue weighted by molar-refractivity contribution is 15.0. The molecule has 6 aromatic carbocycles. The van der Waals surface area contributed by atoms with Crippen molar-refractivity contribution in [1.82, 2.24) is 51.4 Å². The van der Waals surface area contributed by atoms with Crippen LogP contribution in [0.15, 0.2) is 222 Å². The largest absolute Gasteiger partial charge is 0.444 e. The molecular formula is C88H117I4N11O8S4. The normalized spacial score (nSPS) is 12.3. The lowest BCUT2D eigenvalue weighted by molar-refractivity contribution is -0.122. The maximum atomic E-state index is 14.0. The number of alkyl carbamates (subject to hydrolysis) is 3. The van der Waals surface area contributed by atoms with E-state index in [4.69, 9.17) is 19.9 Å². The minimum Gasteiger partial charge on any atom is -0.444 e. The van der Waals surface area contributed by atoms with Gasteiger partial charge in [0.15, 0.2) is 5.78 Å². The average Bonchev–Trinajstić information content (AvgIpc) is 1.40. The van der Waals surface area contributed by atoms with Gasteiger partial charge in [-0.05, 0) is 134 Å². The number of Topliss-reactive ketones (excluding diaryl/α,β-unsaturated/α-hetero) is 1. The Morgan fingerprint density at radius 2 is 0.791 bits per heavy atom. The summed E-state index contributed by atoms with van der Waals surface area (Å²) in [4.78, 5) is 87.8. The van der Waals surface area contributed by atoms with Crippen LogP contribution < -0.4 is 32.3 Å². The number of nitrogens with one attached hydrogen (secondary N) is 5. The van der Waals surface area contributed by atoms with Crippen LogP contribution >= 0.6 is 129 Å². The predicted molar refractivity (Wildman–Crippen MR) is 512 cm³/mol. The quantitative estimate of drug-likeness (QED) is 0.0119. The number of rotatable bonds is 39. The van der Waals surface area contributed by atoms with Gasteiger partial charge in [-0.2, -0.15) is 0 Å². The lowest BCUT2D eigenvalue weighted by Crippen LogP contribution is -2.49. The number of carbonyl (C=O) groups excluding carboxylic acids is 5. The number of benzene rings is 6. The summed E-state index contributed by atoms with van der Waals surface area (Å²) in [6, 6.07) is 60.6. The smallest absolute Gasteiger partial charge is 0.407 e. The molecule has 4 heterocycles. The molecule has 0 bridgehead atoms. The minimum absolute atomic E-state index is 0. The van der Waals surface area contributed by atoms with E-state index in [-0.39, 0.29) is 113 Å². The Bertz CT molecular complexity index is 4120. The number of hydrogen-bond donors (Lipinski definition) is 6. The molecule has 0 unspecified atom stereocenters. The van der Waals surface area contributed by atoms with Gasteiger partial charge >= 0.3 is 24.3 Å². The third-order valence-corrected chi connectivity index (χ3v) is 21.6. The number of thiazole rings is 4. The molecule has 19 nitrogen and oxygen atoms in total. The molecule has 27 heteroatoms. The first-order chi connectivity index (χ1) is 54.5. The van der Waals surface area contributed by atoms with Gasteiger partial charge < -0.3 is 51.4 Å². The number of alkyl halides is 1. The molecule has 0 aliphatic heterocycles. The van der Waals surface area contributed by atoms with Crippen molar-refractivity contribution in [3.05, 3.63) is 281 Å². The minimum atomic E-state index is -0.630. The monoisotopic (exact) mass is 2090 g/mol. The maximum absolute atomic E-state index is 14.0. The number of nitrogens with two attached hydrogens (primary N) is 1. The zero-order valence-electron chi connectivity index (χ0n) is 65.3. The number of carbonyl (C=O) groups is 5. The van der Waals surface area contributed by atoms with E-state index in [0.717, 1.165) is 87.8 Å². The zero-order chi connectivity index (χ0) is 80.5. The van der Waals surface area contributed by atoms with Gasteiger partial charge in [-0.25, -0.2) is 24.2 Å².